The molecule has 10 nitrogen and oxygen atoms in total. The zero-order chi connectivity index (χ0) is 24.8. The van der Waals surface area contributed by atoms with Gasteiger partial charge in [0.2, 0.25) is 5.01 Å². The number of nitrogens with one attached hydrogen (secondary N) is 2. The molecule has 1 aliphatic heterocycles. The first-order valence-corrected chi connectivity index (χ1v) is 11.9. The number of rotatable bonds is 7. The molecule has 1 aliphatic rings. The lowest BCUT2D eigenvalue weighted by atomic mass is 9.99. The Labute approximate surface area is 207 Å². The fourth-order valence-corrected chi connectivity index (χ4v) is 4.69. The summed E-state index contributed by atoms with van der Waals surface area (Å²) in [5.74, 6) is 1.53. The summed E-state index contributed by atoms with van der Waals surface area (Å²) in [5.41, 5.74) is 1.26. The van der Waals surface area contributed by atoms with E-state index >= 15 is 0 Å². The van der Waals surface area contributed by atoms with Crippen molar-refractivity contribution in [3.05, 3.63) is 52.5 Å². The molecule has 0 bridgehead atoms. The van der Waals surface area contributed by atoms with Gasteiger partial charge < -0.3 is 29.7 Å². The number of hydrogen-bond donors (Lipinski definition) is 2. The van der Waals surface area contributed by atoms with Crippen LogP contribution in [0.2, 0.25) is 0 Å². The van der Waals surface area contributed by atoms with Crippen LogP contribution in [0.15, 0.2) is 42.5 Å². The summed E-state index contributed by atoms with van der Waals surface area (Å²) < 4.78 is 15.7. The fourth-order valence-electron chi connectivity index (χ4n) is 3.83. The summed E-state index contributed by atoms with van der Waals surface area (Å²) in [6.07, 6.45) is 1.70. The number of benzene rings is 2. The average Bonchev–Trinajstić information content (AvgIpc) is 3.40. The molecule has 184 valence electrons. The van der Waals surface area contributed by atoms with E-state index in [0.29, 0.717) is 41.7 Å². The number of methoxy groups -OCH3 is 3. The second kappa shape index (κ2) is 11.0. The molecule has 0 spiro atoms. The molecule has 4 rings (SSSR count). The minimum absolute atomic E-state index is 0.0138. The third kappa shape index (κ3) is 5.80. The predicted octanol–water partition coefficient (Wildman–Crippen LogP) is 4.23. The first-order chi connectivity index (χ1) is 17.0. The lowest BCUT2D eigenvalue weighted by Crippen LogP contribution is -2.41. The van der Waals surface area contributed by atoms with Crippen LogP contribution in [0.5, 0.6) is 17.2 Å². The van der Waals surface area contributed by atoms with E-state index in [1.165, 1.54) is 11.3 Å². The molecule has 1 saturated heterocycles. The molecule has 1 atom stereocenters. The standard InChI is InChI=1S/C24H27N5O5S/c1-32-18-9-6-16(7-10-18)25-21(30)23-28-27-22(35-23)15-5-4-12-29(14-15)24(31)26-17-8-11-19(33-2)20(13-17)34-3/h6-11,13,15H,4-5,12,14H2,1-3H3,(H,25,30)(H,26,31)/t15-/m1/s1. The highest BCUT2D eigenvalue weighted by Gasteiger charge is 2.28. The lowest BCUT2D eigenvalue weighted by molar-refractivity contribution is 0.102. The average molecular weight is 498 g/mol. The number of anilines is 2. The summed E-state index contributed by atoms with van der Waals surface area (Å²) in [6.45, 7) is 1.13. The van der Waals surface area contributed by atoms with E-state index in [-0.39, 0.29) is 22.9 Å². The summed E-state index contributed by atoms with van der Waals surface area (Å²) in [6, 6.07) is 12.1. The van der Waals surface area contributed by atoms with Crippen molar-refractivity contribution in [1.82, 2.24) is 15.1 Å². The van der Waals surface area contributed by atoms with E-state index in [2.05, 4.69) is 20.8 Å². The highest BCUT2D eigenvalue weighted by Crippen LogP contribution is 2.32. The van der Waals surface area contributed by atoms with Crippen molar-refractivity contribution in [2.75, 3.05) is 45.1 Å². The summed E-state index contributed by atoms with van der Waals surface area (Å²) in [4.78, 5) is 27.3. The zero-order valence-electron chi connectivity index (χ0n) is 19.7. The van der Waals surface area contributed by atoms with Crippen LogP contribution in [-0.4, -0.2) is 61.5 Å². The SMILES string of the molecule is COc1ccc(NC(=O)c2nnc([C@@H]3CCCN(C(=O)Nc4ccc(OC)c(OC)c4)C3)s2)cc1. The topological polar surface area (TPSA) is 115 Å². The molecular weight excluding hydrogens is 470 g/mol. The number of urea groups is 1. The highest BCUT2D eigenvalue weighted by molar-refractivity contribution is 7.13. The summed E-state index contributed by atoms with van der Waals surface area (Å²) in [7, 11) is 4.69. The number of nitrogens with zero attached hydrogens (tertiary/aromatic N) is 3. The molecule has 3 aromatic rings. The Hall–Kier alpha value is -3.86. The Bertz CT molecular complexity index is 1180. The van der Waals surface area contributed by atoms with E-state index < -0.39 is 0 Å². The lowest BCUT2D eigenvalue weighted by Gasteiger charge is -2.31. The molecule has 0 saturated carbocycles. The Morgan fingerprint density at radius 1 is 0.943 bits per heavy atom. The van der Waals surface area contributed by atoms with Crippen LogP contribution in [-0.2, 0) is 0 Å². The van der Waals surface area contributed by atoms with E-state index in [9.17, 15) is 9.59 Å². The second-order valence-corrected chi connectivity index (χ2v) is 8.92. The van der Waals surface area contributed by atoms with Crippen molar-refractivity contribution >= 4 is 34.6 Å². The molecule has 2 aromatic carbocycles. The van der Waals surface area contributed by atoms with Gasteiger partial charge in [-0.2, -0.15) is 0 Å². The number of likely N-dealkylation sites (tertiary alicyclic amines) is 1. The molecule has 0 radical (unpaired) electrons. The monoisotopic (exact) mass is 497 g/mol. The van der Waals surface area contributed by atoms with Gasteiger partial charge in [0.25, 0.3) is 5.91 Å². The van der Waals surface area contributed by atoms with Crippen LogP contribution in [0.25, 0.3) is 0 Å². The number of carbonyl (C=O) groups is 2. The molecule has 0 aliphatic carbocycles. The molecular formula is C24H27N5O5S. The molecule has 2 heterocycles. The molecule has 2 N–H and O–H groups in total. The van der Waals surface area contributed by atoms with Gasteiger partial charge >= 0.3 is 6.03 Å². The van der Waals surface area contributed by atoms with Crippen molar-refractivity contribution in [2.45, 2.75) is 18.8 Å². The minimum atomic E-state index is -0.322. The van der Waals surface area contributed by atoms with Crippen molar-refractivity contribution < 1.29 is 23.8 Å². The molecule has 11 heteroatoms. The van der Waals surface area contributed by atoms with E-state index in [4.69, 9.17) is 14.2 Å². The number of ether oxygens (including phenoxy) is 3. The third-order valence-corrected chi connectivity index (χ3v) is 6.76. The summed E-state index contributed by atoms with van der Waals surface area (Å²) in [5, 5.41) is 15.1. The summed E-state index contributed by atoms with van der Waals surface area (Å²) >= 11 is 1.25. The largest absolute Gasteiger partial charge is 0.497 e. The van der Waals surface area contributed by atoms with Gasteiger partial charge in [0.1, 0.15) is 10.8 Å². The van der Waals surface area contributed by atoms with Gasteiger partial charge in [0.15, 0.2) is 11.5 Å². The minimum Gasteiger partial charge on any atom is -0.497 e. The number of aromatic nitrogens is 2. The van der Waals surface area contributed by atoms with Gasteiger partial charge in [0, 0.05) is 36.4 Å². The second-order valence-electron chi connectivity index (χ2n) is 7.91. The maximum absolute atomic E-state index is 12.9. The number of carbonyl (C=O) groups excluding carboxylic acids is 2. The third-order valence-electron chi connectivity index (χ3n) is 5.68. The Morgan fingerprint density at radius 3 is 2.40 bits per heavy atom. The first-order valence-electron chi connectivity index (χ1n) is 11.1. The Balaban J connectivity index is 1.37. The predicted molar refractivity (Wildman–Crippen MR) is 133 cm³/mol. The van der Waals surface area contributed by atoms with Crippen LogP contribution < -0.4 is 24.8 Å². The normalized spacial score (nSPS) is 15.3. The van der Waals surface area contributed by atoms with Gasteiger partial charge in [-0.15, -0.1) is 10.2 Å². The number of amides is 3. The van der Waals surface area contributed by atoms with E-state index in [1.54, 1.807) is 68.7 Å². The zero-order valence-corrected chi connectivity index (χ0v) is 20.6. The molecule has 3 amide bonds. The fraction of sp³-hybridized carbons (Fsp3) is 0.333. The van der Waals surface area contributed by atoms with Crippen molar-refractivity contribution in [3.8, 4) is 17.2 Å². The molecule has 35 heavy (non-hydrogen) atoms. The molecule has 1 fully saturated rings. The Kier molecular flexibility index (Phi) is 7.66. The van der Waals surface area contributed by atoms with Crippen molar-refractivity contribution in [2.24, 2.45) is 0 Å². The van der Waals surface area contributed by atoms with Gasteiger partial charge in [-0.1, -0.05) is 11.3 Å². The smallest absolute Gasteiger partial charge is 0.321 e. The van der Waals surface area contributed by atoms with Crippen LogP contribution >= 0.6 is 11.3 Å². The van der Waals surface area contributed by atoms with Gasteiger partial charge in [-0.3, -0.25) is 4.79 Å². The van der Waals surface area contributed by atoms with Gasteiger partial charge in [0.05, 0.1) is 21.3 Å². The maximum atomic E-state index is 12.9. The van der Waals surface area contributed by atoms with Crippen LogP contribution in [0.3, 0.4) is 0 Å². The highest BCUT2D eigenvalue weighted by atomic mass is 32.1. The molecule has 1 aromatic heterocycles. The van der Waals surface area contributed by atoms with Crippen molar-refractivity contribution in [3.63, 3.8) is 0 Å². The van der Waals surface area contributed by atoms with E-state index in [0.717, 1.165) is 17.8 Å². The van der Waals surface area contributed by atoms with Gasteiger partial charge in [-0.05, 0) is 49.2 Å². The van der Waals surface area contributed by atoms with E-state index in [1.807, 2.05) is 0 Å². The Morgan fingerprint density at radius 2 is 1.69 bits per heavy atom. The van der Waals surface area contributed by atoms with Crippen molar-refractivity contribution in [1.29, 1.82) is 0 Å². The van der Waals surface area contributed by atoms with Crippen LogP contribution in [0, 0.1) is 0 Å². The number of piperidine rings is 1. The van der Waals surface area contributed by atoms with Gasteiger partial charge in [-0.25, -0.2) is 4.79 Å². The molecule has 0 unspecified atom stereocenters. The van der Waals surface area contributed by atoms with Crippen LogP contribution in [0.1, 0.15) is 33.6 Å². The van der Waals surface area contributed by atoms with Crippen LogP contribution in [0.4, 0.5) is 16.2 Å². The number of hydrogen-bond acceptors (Lipinski definition) is 8. The first kappa shape index (κ1) is 24.3. The quantitative estimate of drug-likeness (QED) is 0.502. The maximum Gasteiger partial charge on any atom is 0.321 e.